The van der Waals surface area contributed by atoms with Crippen LogP contribution in [0.15, 0.2) is 42.7 Å². The summed E-state index contributed by atoms with van der Waals surface area (Å²) in [6.45, 7) is 2.43. The van der Waals surface area contributed by atoms with Crippen LogP contribution in [-0.2, 0) is 10.9 Å². The molecule has 3 aromatic rings. The Morgan fingerprint density at radius 2 is 1.85 bits per heavy atom. The zero-order valence-corrected chi connectivity index (χ0v) is 18.8. The fourth-order valence-corrected chi connectivity index (χ4v) is 4.55. The van der Waals surface area contributed by atoms with Crippen molar-refractivity contribution in [1.29, 1.82) is 0 Å². The summed E-state index contributed by atoms with van der Waals surface area (Å²) < 4.78 is 46.3. The third-order valence-corrected chi connectivity index (χ3v) is 6.36. The molecule has 2 aromatic heterocycles. The highest BCUT2D eigenvalue weighted by molar-refractivity contribution is 7.17. The SMILES string of the molecule is O=C(NC[C@@H](c1ccc(Cl)cc1)N1CCOCC1)c1sc(-c2ncccn2)nc1C(F)(F)F. The summed E-state index contributed by atoms with van der Waals surface area (Å²) in [5.41, 5.74) is -0.359. The molecule has 1 atom stereocenters. The van der Waals surface area contributed by atoms with E-state index < -0.39 is 22.7 Å². The van der Waals surface area contributed by atoms with Crippen LogP contribution in [0.2, 0.25) is 5.02 Å². The Morgan fingerprint density at radius 1 is 1.18 bits per heavy atom. The van der Waals surface area contributed by atoms with E-state index in [0.717, 1.165) is 5.56 Å². The van der Waals surface area contributed by atoms with Crippen LogP contribution in [-0.4, -0.2) is 58.6 Å². The van der Waals surface area contributed by atoms with Crippen molar-refractivity contribution in [2.75, 3.05) is 32.8 Å². The number of thiazole rings is 1. The summed E-state index contributed by atoms with van der Waals surface area (Å²) >= 11 is 6.61. The summed E-state index contributed by atoms with van der Waals surface area (Å²) in [6.07, 6.45) is -2.00. The summed E-state index contributed by atoms with van der Waals surface area (Å²) in [5.74, 6) is -0.825. The van der Waals surface area contributed by atoms with E-state index in [4.69, 9.17) is 16.3 Å². The van der Waals surface area contributed by atoms with E-state index in [-0.39, 0.29) is 23.4 Å². The quantitative estimate of drug-likeness (QED) is 0.553. The zero-order chi connectivity index (χ0) is 23.4. The van der Waals surface area contributed by atoms with Crippen molar-refractivity contribution in [2.45, 2.75) is 12.2 Å². The fraction of sp³-hybridized carbons (Fsp3) is 0.333. The van der Waals surface area contributed by atoms with Crippen LogP contribution in [0.3, 0.4) is 0 Å². The average Bonchev–Trinajstić information content (AvgIpc) is 3.28. The molecule has 7 nitrogen and oxygen atoms in total. The molecule has 0 saturated carbocycles. The number of aromatic nitrogens is 3. The Balaban J connectivity index is 1.58. The van der Waals surface area contributed by atoms with E-state index in [2.05, 4.69) is 25.2 Å². The lowest BCUT2D eigenvalue weighted by molar-refractivity contribution is -0.141. The van der Waals surface area contributed by atoms with Gasteiger partial charge in [-0.3, -0.25) is 9.69 Å². The van der Waals surface area contributed by atoms with Crippen LogP contribution in [0, 0.1) is 0 Å². The molecule has 3 heterocycles. The van der Waals surface area contributed by atoms with Gasteiger partial charge in [0.15, 0.2) is 16.5 Å². The zero-order valence-electron chi connectivity index (χ0n) is 17.2. The predicted molar refractivity (Wildman–Crippen MR) is 117 cm³/mol. The van der Waals surface area contributed by atoms with Crippen molar-refractivity contribution in [3.63, 3.8) is 0 Å². The number of carbonyl (C=O) groups excluding carboxylic acids is 1. The molecule has 12 heteroatoms. The molecule has 1 aliphatic rings. The van der Waals surface area contributed by atoms with Crippen LogP contribution in [0.4, 0.5) is 13.2 Å². The monoisotopic (exact) mass is 497 g/mol. The van der Waals surface area contributed by atoms with Crippen LogP contribution >= 0.6 is 22.9 Å². The third-order valence-electron chi connectivity index (χ3n) is 5.06. The summed E-state index contributed by atoms with van der Waals surface area (Å²) in [7, 11) is 0. The van der Waals surface area contributed by atoms with E-state index in [1.165, 1.54) is 18.5 Å². The van der Waals surface area contributed by atoms with Crippen LogP contribution in [0.25, 0.3) is 10.8 Å². The van der Waals surface area contributed by atoms with Crippen molar-refractivity contribution in [3.05, 3.63) is 63.9 Å². The van der Waals surface area contributed by atoms with Gasteiger partial charge in [-0.25, -0.2) is 15.0 Å². The van der Waals surface area contributed by atoms with Crippen LogP contribution in [0.5, 0.6) is 0 Å². The van der Waals surface area contributed by atoms with Gasteiger partial charge in [0.25, 0.3) is 5.91 Å². The molecule has 1 fully saturated rings. The highest BCUT2D eigenvalue weighted by atomic mass is 35.5. The molecular weight excluding hydrogens is 479 g/mol. The van der Waals surface area contributed by atoms with E-state index in [1.807, 2.05) is 12.1 Å². The van der Waals surface area contributed by atoms with Crippen molar-refractivity contribution >= 4 is 28.8 Å². The van der Waals surface area contributed by atoms with E-state index >= 15 is 0 Å². The van der Waals surface area contributed by atoms with Gasteiger partial charge in [0, 0.05) is 37.1 Å². The van der Waals surface area contributed by atoms with Crippen molar-refractivity contribution in [1.82, 2.24) is 25.2 Å². The van der Waals surface area contributed by atoms with Gasteiger partial charge in [-0.1, -0.05) is 23.7 Å². The number of halogens is 4. The van der Waals surface area contributed by atoms with Crippen LogP contribution < -0.4 is 5.32 Å². The number of nitrogens with zero attached hydrogens (tertiary/aromatic N) is 4. The van der Waals surface area contributed by atoms with Gasteiger partial charge < -0.3 is 10.1 Å². The lowest BCUT2D eigenvalue weighted by Gasteiger charge is -2.35. The molecule has 1 aliphatic heterocycles. The Hall–Kier alpha value is -2.60. The second-order valence-corrected chi connectivity index (χ2v) is 8.63. The van der Waals surface area contributed by atoms with Gasteiger partial charge in [-0.15, -0.1) is 11.3 Å². The minimum absolute atomic E-state index is 0.0272. The minimum Gasteiger partial charge on any atom is -0.379 e. The molecule has 0 unspecified atom stereocenters. The number of amides is 1. The summed E-state index contributed by atoms with van der Waals surface area (Å²) in [5, 5.41) is 3.16. The molecule has 33 heavy (non-hydrogen) atoms. The number of rotatable bonds is 6. The number of morpholine rings is 1. The highest BCUT2D eigenvalue weighted by Crippen LogP contribution is 2.37. The maximum atomic E-state index is 13.6. The maximum absolute atomic E-state index is 13.6. The minimum atomic E-state index is -4.80. The molecular formula is C21H19ClF3N5O2S. The van der Waals surface area contributed by atoms with Gasteiger partial charge in [0.1, 0.15) is 4.88 Å². The Bertz CT molecular complexity index is 1090. The van der Waals surface area contributed by atoms with E-state index in [1.54, 1.807) is 12.1 Å². The first-order valence-corrected chi connectivity index (χ1v) is 11.2. The lowest BCUT2D eigenvalue weighted by atomic mass is 10.0. The third kappa shape index (κ3) is 5.67. The smallest absolute Gasteiger partial charge is 0.379 e. The number of benzene rings is 1. The van der Waals surface area contributed by atoms with Gasteiger partial charge in [-0.2, -0.15) is 13.2 Å². The van der Waals surface area contributed by atoms with Crippen molar-refractivity contribution < 1.29 is 22.7 Å². The van der Waals surface area contributed by atoms with Crippen molar-refractivity contribution in [3.8, 4) is 10.8 Å². The fourth-order valence-electron chi connectivity index (χ4n) is 3.47. The van der Waals surface area contributed by atoms with Gasteiger partial charge in [0.05, 0.1) is 19.3 Å². The number of nitrogens with one attached hydrogen (secondary N) is 1. The Kier molecular flexibility index (Phi) is 7.23. The first kappa shape index (κ1) is 23.6. The van der Waals surface area contributed by atoms with Crippen molar-refractivity contribution in [2.24, 2.45) is 0 Å². The number of ether oxygens (including phenoxy) is 1. The largest absolute Gasteiger partial charge is 0.435 e. The summed E-state index contributed by atoms with van der Waals surface area (Å²) in [6, 6.07) is 8.44. The molecule has 174 valence electrons. The number of carbonyl (C=O) groups is 1. The molecule has 1 aromatic carbocycles. The van der Waals surface area contributed by atoms with Gasteiger partial charge >= 0.3 is 6.18 Å². The Morgan fingerprint density at radius 3 is 2.48 bits per heavy atom. The molecule has 4 rings (SSSR count). The summed E-state index contributed by atoms with van der Waals surface area (Å²) in [4.78, 5) is 26.0. The molecule has 1 N–H and O–H groups in total. The highest BCUT2D eigenvalue weighted by Gasteiger charge is 2.40. The number of hydrogen-bond donors (Lipinski definition) is 1. The lowest BCUT2D eigenvalue weighted by Crippen LogP contribution is -2.43. The molecule has 0 bridgehead atoms. The Labute approximate surface area is 196 Å². The second kappa shape index (κ2) is 10.1. The molecule has 1 saturated heterocycles. The number of alkyl halides is 3. The van der Waals surface area contributed by atoms with Gasteiger partial charge in [0.2, 0.25) is 0 Å². The molecule has 0 radical (unpaired) electrons. The molecule has 0 spiro atoms. The van der Waals surface area contributed by atoms with Crippen LogP contribution in [0.1, 0.15) is 27.0 Å². The molecule has 1 amide bonds. The second-order valence-electron chi connectivity index (χ2n) is 7.19. The topological polar surface area (TPSA) is 80.2 Å². The first-order valence-electron chi connectivity index (χ1n) is 10.0. The molecule has 0 aliphatic carbocycles. The van der Waals surface area contributed by atoms with Gasteiger partial charge in [-0.05, 0) is 23.8 Å². The first-order chi connectivity index (χ1) is 15.8. The predicted octanol–water partition coefficient (Wildman–Crippen LogP) is 4.08. The van der Waals surface area contributed by atoms with E-state index in [9.17, 15) is 18.0 Å². The number of hydrogen-bond acceptors (Lipinski definition) is 7. The standard InChI is InChI=1S/C21H19ClF3N5O2S/c22-14-4-2-13(3-5-14)15(30-8-10-32-11-9-30)12-28-19(31)16-17(21(23,24)25)29-20(33-16)18-26-6-1-7-27-18/h1-7,15H,8-12H2,(H,28,31)/t15-/m0/s1. The van der Waals surface area contributed by atoms with E-state index in [0.29, 0.717) is 42.7 Å². The average molecular weight is 498 g/mol. The maximum Gasteiger partial charge on any atom is 0.435 e. The normalized spacial score (nSPS) is 15.9.